The number of hydrogen-bond acceptors (Lipinski definition) is 5. The van der Waals surface area contributed by atoms with Crippen molar-refractivity contribution in [1.29, 1.82) is 0 Å². The molecule has 0 aromatic heterocycles. The van der Waals surface area contributed by atoms with E-state index in [0.29, 0.717) is 19.3 Å². The topological polar surface area (TPSA) is 118 Å². The van der Waals surface area contributed by atoms with Crippen LogP contribution in [0.4, 0.5) is 0 Å². The van der Waals surface area contributed by atoms with Crippen LogP contribution in [0.3, 0.4) is 0 Å². The molecule has 0 atom stereocenters. The number of rotatable bonds is 4. The van der Waals surface area contributed by atoms with Crippen molar-refractivity contribution >= 4 is 20.0 Å². The zero-order valence-electron chi connectivity index (χ0n) is 12.3. The van der Waals surface area contributed by atoms with Gasteiger partial charge in [0.2, 0.25) is 20.0 Å². The molecule has 1 aromatic rings. The molecular weight excluding hydrogens is 328 g/mol. The van der Waals surface area contributed by atoms with Crippen LogP contribution in [0.1, 0.15) is 26.2 Å². The number of nitrogens with two attached hydrogens (primary N) is 1. The molecule has 1 fully saturated rings. The van der Waals surface area contributed by atoms with Gasteiger partial charge in [-0.15, -0.1) is 0 Å². The monoisotopic (exact) mass is 348 g/mol. The molecule has 0 bridgehead atoms. The van der Waals surface area contributed by atoms with E-state index in [0.717, 1.165) is 6.07 Å². The summed E-state index contributed by atoms with van der Waals surface area (Å²) in [5.74, 6) is 0. The maximum absolute atomic E-state index is 12.6. The van der Waals surface area contributed by atoms with Crippen molar-refractivity contribution in [3.05, 3.63) is 24.3 Å². The van der Waals surface area contributed by atoms with Crippen molar-refractivity contribution in [3.63, 3.8) is 0 Å². The molecule has 22 heavy (non-hydrogen) atoms. The summed E-state index contributed by atoms with van der Waals surface area (Å²) in [5.41, 5.74) is -0.825. The lowest BCUT2D eigenvalue weighted by molar-refractivity contribution is -0.00802. The Balaban J connectivity index is 2.29. The molecule has 0 amide bonds. The van der Waals surface area contributed by atoms with Gasteiger partial charge in [0.25, 0.3) is 0 Å². The molecule has 2 rings (SSSR count). The fourth-order valence-corrected chi connectivity index (χ4v) is 4.58. The van der Waals surface area contributed by atoms with Crippen molar-refractivity contribution in [1.82, 2.24) is 4.31 Å². The second-order valence-corrected chi connectivity index (χ2v) is 9.00. The zero-order valence-corrected chi connectivity index (χ0v) is 13.9. The highest BCUT2D eigenvalue weighted by Gasteiger charge is 2.36. The molecule has 0 radical (unpaired) electrons. The molecule has 0 aliphatic carbocycles. The first-order valence-corrected chi connectivity index (χ1v) is 9.92. The summed E-state index contributed by atoms with van der Waals surface area (Å²) in [4.78, 5) is -0.350. The third-order valence-electron chi connectivity index (χ3n) is 4.08. The second-order valence-electron chi connectivity index (χ2n) is 5.50. The Labute approximate surface area is 130 Å². The van der Waals surface area contributed by atoms with Crippen molar-refractivity contribution in [2.24, 2.45) is 5.14 Å². The minimum atomic E-state index is -3.96. The Morgan fingerprint density at radius 1 is 1.18 bits per heavy atom. The summed E-state index contributed by atoms with van der Waals surface area (Å²) in [5, 5.41) is 15.2. The first kappa shape index (κ1) is 17.4. The van der Waals surface area contributed by atoms with Crippen LogP contribution in [-0.2, 0) is 20.0 Å². The molecule has 1 aliphatic rings. The number of benzene rings is 1. The fourth-order valence-electron chi connectivity index (χ4n) is 2.46. The number of piperidine rings is 1. The summed E-state index contributed by atoms with van der Waals surface area (Å²) in [6.07, 6.45) is 1.29. The van der Waals surface area contributed by atoms with E-state index in [-0.39, 0.29) is 22.9 Å². The van der Waals surface area contributed by atoms with E-state index in [2.05, 4.69) is 0 Å². The molecule has 0 spiro atoms. The van der Waals surface area contributed by atoms with Crippen LogP contribution < -0.4 is 5.14 Å². The highest BCUT2D eigenvalue weighted by molar-refractivity contribution is 7.90. The lowest BCUT2D eigenvalue weighted by Gasteiger charge is -2.36. The van der Waals surface area contributed by atoms with Crippen molar-refractivity contribution < 1.29 is 21.9 Å². The molecule has 0 unspecified atom stereocenters. The number of hydrogen-bond donors (Lipinski definition) is 2. The van der Waals surface area contributed by atoms with Crippen LogP contribution in [-0.4, -0.2) is 44.9 Å². The van der Waals surface area contributed by atoms with Gasteiger partial charge in [0.15, 0.2) is 0 Å². The van der Waals surface area contributed by atoms with Crippen molar-refractivity contribution in [2.75, 3.05) is 13.1 Å². The van der Waals surface area contributed by atoms with Crippen LogP contribution in [0.15, 0.2) is 34.1 Å². The van der Waals surface area contributed by atoms with E-state index in [1.54, 1.807) is 0 Å². The van der Waals surface area contributed by atoms with Crippen LogP contribution >= 0.6 is 0 Å². The van der Waals surface area contributed by atoms with Gasteiger partial charge in [-0.3, -0.25) is 0 Å². The molecule has 1 saturated heterocycles. The number of sulfonamides is 2. The normalized spacial score (nSPS) is 20.0. The van der Waals surface area contributed by atoms with Gasteiger partial charge < -0.3 is 5.11 Å². The minimum Gasteiger partial charge on any atom is -0.390 e. The molecule has 124 valence electrons. The molecule has 9 heteroatoms. The van der Waals surface area contributed by atoms with Crippen molar-refractivity contribution in [2.45, 2.75) is 41.6 Å². The van der Waals surface area contributed by atoms with Gasteiger partial charge in [0.05, 0.1) is 15.4 Å². The average Bonchev–Trinajstić information content (AvgIpc) is 2.47. The Morgan fingerprint density at radius 2 is 1.73 bits per heavy atom. The molecule has 1 aliphatic heterocycles. The van der Waals surface area contributed by atoms with E-state index >= 15 is 0 Å². The highest BCUT2D eigenvalue weighted by Crippen LogP contribution is 2.29. The summed E-state index contributed by atoms with van der Waals surface area (Å²) in [7, 11) is -7.76. The van der Waals surface area contributed by atoms with Gasteiger partial charge in [0, 0.05) is 13.1 Å². The van der Waals surface area contributed by atoms with E-state index in [4.69, 9.17) is 5.14 Å². The van der Waals surface area contributed by atoms with Crippen LogP contribution in [0.25, 0.3) is 0 Å². The predicted octanol–water partition coefficient (Wildman–Crippen LogP) is 0.260. The number of primary sulfonamides is 1. The maximum atomic E-state index is 12.6. The highest BCUT2D eigenvalue weighted by atomic mass is 32.2. The van der Waals surface area contributed by atoms with Crippen molar-refractivity contribution in [3.8, 4) is 0 Å². The van der Waals surface area contributed by atoms with Gasteiger partial charge in [-0.25, -0.2) is 22.0 Å². The summed E-state index contributed by atoms with van der Waals surface area (Å²) < 4.78 is 49.1. The summed E-state index contributed by atoms with van der Waals surface area (Å²) in [6.45, 7) is 2.26. The van der Waals surface area contributed by atoms with Crippen LogP contribution in [0.5, 0.6) is 0 Å². The quantitative estimate of drug-likeness (QED) is 0.809. The van der Waals surface area contributed by atoms with Gasteiger partial charge in [0.1, 0.15) is 0 Å². The molecule has 1 aromatic carbocycles. The largest absolute Gasteiger partial charge is 0.390 e. The van der Waals surface area contributed by atoms with Gasteiger partial charge in [-0.05, 0) is 37.5 Å². The smallest absolute Gasteiger partial charge is 0.243 e. The molecular formula is C13H20N2O5S2. The molecule has 7 nitrogen and oxygen atoms in total. The second kappa shape index (κ2) is 5.89. The van der Waals surface area contributed by atoms with E-state index in [1.165, 1.54) is 22.5 Å². The number of aliphatic hydroxyl groups is 1. The zero-order chi connectivity index (χ0) is 16.6. The first-order valence-electron chi connectivity index (χ1n) is 6.94. The third kappa shape index (κ3) is 3.49. The lowest BCUT2D eigenvalue weighted by atomic mass is 9.90. The Hall–Kier alpha value is -1.00. The Bertz CT molecular complexity index is 750. The predicted molar refractivity (Wildman–Crippen MR) is 81.0 cm³/mol. The standard InChI is InChI=1S/C13H20N2O5S2/c1-2-13(16)6-8-15(9-7-13)22(19,20)12-5-3-4-11(10-12)21(14,17)18/h3-5,10,16H,2,6-9H2,1H3,(H2,14,17,18). The van der Waals surface area contributed by atoms with Crippen LogP contribution in [0, 0.1) is 0 Å². The van der Waals surface area contributed by atoms with E-state index in [9.17, 15) is 21.9 Å². The molecule has 1 heterocycles. The first-order chi connectivity index (χ1) is 10.1. The summed E-state index contributed by atoms with van der Waals surface area (Å²) >= 11 is 0. The average molecular weight is 348 g/mol. The van der Waals surface area contributed by atoms with Gasteiger partial charge >= 0.3 is 0 Å². The number of nitrogens with zero attached hydrogens (tertiary/aromatic N) is 1. The third-order valence-corrected chi connectivity index (χ3v) is 6.89. The Kier molecular flexibility index (Phi) is 4.65. The van der Waals surface area contributed by atoms with Gasteiger partial charge in [-0.2, -0.15) is 4.31 Å². The molecule has 0 saturated carbocycles. The maximum Gasteiger partial charge on any atom is 0.243 e. The minimum absolute atomic E-state index is 0.110. The van der Waals surface area contributed by atoms with E-state index < -0.39 is 25.6 Å². The Morgan fingerprint density at radius 3 is 2.23 bits per heavy atom. The van der Waals surface area contributed by atoms with Gasteiger partial charge in [-0.1, -0.05) is 13.0 Å². The molecule has 3 N–H and O–H groups in total. The summed E-state index contributed by atoms with van der Waals surface area (Å²) in [6, 6.07) is 5.00. The fraction of sp³-hybridized carbons (Fsp3) is 0.538. The van der Waals surface area contributed by atoms with E-state index in [1.807, 2.05) is 6.92 Å². The lowest BCUT2D eigenvalue weighted by Crippen LogP contribution is -2.46. The SMILES string of the molecule is CCC1(O)CCN(S(=O)(=O)c2cccc(S(N)(=O)=O)c2)CC1. The van der Waals surface area contributed by atoms with Crippen LogP contribution in [0.2, 0.25) is 0 Å².